The van der Waals surface area contributed by atoms with Gasteiger partial charge >= 0.3 is 6.03 Å². The van der Waals surface area contributed by atoms with Crippen molar-refractivity contribution in [3.8, 4) is 11.7 Å². The minimum absolute atomic E-state index is 0.0471. The third-order valence-corrected chi connectivity index (χ3v) is 7.65. The number of pyridine rings is 2. The van der Waals surface area contributed by atoms with Crippen LogP contribution in [0.3, 0.4) is 0 Å². The molecule has 0 unspecified atom stereocenters. The van der Waals surface area contributed by atoms with Gasteiger partial charge in [-0.25, -0.2) is 27.5 Å². The lowest BCUT2D eigenvalue weighted by Crippen LogP contribution is -2.34. The third-order valence-electron chi connectivity index (χ3n) is 4.64. The highest BCUT2D eigenvalue weighted by Crippen LogP contribution is 2.32. The Morgan fingerprint density at radius 2 is 1.97 bits per heavy atom. The van der Waals surface area contributed by atoms with Crippen molar-refractivity contribution < 1.29 is 22.7 Å². The fraction of sp³-hybridized carbons (Fsp3) is 0.0500. The third kappa shape index (κ3) is 4.53. The van der Waals surface area contributed by atoms with Gasteiger partial charge in [0.05, 0.1) is 22.6 Å². The van der Waals surface area contributed by atoms with E-state index in [1.165, 1.54) is 30.5 Å². The summed E-state index contributed by atoms with van der Waals surface area (Å²) in [4.78, 5) is 28.8. The van der Waals surface area contributed by atoms with Crippen LogP contribution >= 0.6 is 22.9 Å². The first-order valence-electron chi connectivity index (χ1n) is 9.40. The molecule has 4 N–H and O–H groups in total. The summed E-state index contributed by atoms with van der Waals surface area (Å²) < 4.78 is 39.7. The van der Waals surface area contributed by atoms with E-state index in [0.717, 1.165) is 16.7 Å². The molecule has 4 rings (SSSR count). The Morgan fingerprint density at radius 1 is 1.21 bits per heavy atom. The number of urea groups is 1. The lowest BCUT2D eigenvalue weighted by Gasteiger charge is -2.13. The Morgan fingerprint density at radius 3 is 2.59 bits per heavy atom. The Labute approximate surface area is 200 Å². The van der Waals surface area contributed by atoms with E-state index in [-0.39, 0.29) is 21.6 Å². The molecular weight excluding hydrogens is 509 g/mol. The van der Waals surface area contributed by atoms with Crippen LogP contribution in [0.2, 0.25) is 5.02 Å². The van der Waals surface area contributed by atoms with E-state index < -0.39 is 26.7 Å². The highest BCUT2D eigenvalue weighted by molar-refractivity contribution is 7.92. The Balaban J connectivity index is 1.58. The number of benzene rings is 1. The monoisotopic (exact) mass is 523 g/mol. The van der Waals surface area contributed by atoms with E-state index in [2.05, 4.69) is 15.6 Å². The summed E-state index contributed by atoms with van der Waals surface area (Å²) in [5.74, 6) is -0.335. The van der Waals surface area contributed by atoms with Crippen LogP contribution in [-0.4, -0.2) is 36.2 Å². The van der Waals surface area contributed by atoms with Gasteiger partial charge in [-0.1, -0.05) is 22.9 Å². The highest BCUT2D eigenvalue weighted by atomic mass is 35.5. The molecule has 0 spiro atoms. The van der Waals surface area contributed by atoms with Gasteiger partial charge in [0, 0.05) is 18.5 Å². The summed E-state index contributed by atoms with van der Waals surface area (Å²) in [6.07, 6.45) is 1.17. The smallest absolute Gasteiger partial charge is 0.333 e. The maximum Gasteiger partial charge on any atom is 0.333 e. The minimum Gasteiger partial charge on any atom is -0.494 e. The van der Waals surface area contributed by atoms with Crippen molar-refractivity contribution in [3.63, 3.8) is 0 Å². The number of hydrogen-bond acceptors (Lipinski definition) is 8. The first-order valence-corrected chi connectivity index (χ1v) is 12.1. The molecular formula is C20H15ClFN5O5S2. The zero-order chi connectivity index (χ0) is 24.6. The second-order valence-corrected chi connectivity index (χ2v) is 10.2. The van der Waals surface area contributed by atoms with Gasteiger partial charge in [0.25, 0.3) is 15.6 Å². The van der Waals surface area contributed by atoms with E-state index >= 15 is 0 Å². The van der Waals surface area contributed by atoms with Gasteiger partial charge in [-0.2, -0.15) is 4.39 Å². The second kappa shape index (κ2) is 8.93. The summed E-state index contributed by atoms with van der Waals surface area (Å²) in [6, 6.07) is 8.05. The van der Waals surface area contributed by atoms with Crippen molar-refractivity contribution in [1.82, 2.24) is 14.3 Å². The number of aromatic hydroxyl groups is 1. The first-order chi connectivity index (χ1) is 16.1. The van der Waals surface area contributed by atoms with Gasteiger partial charge in [-0.3, -0.25) is 4.79 Å². The fourth-order valence-electron chi connectivity index (χ4n) is 3.10. The summed E-state index contributed by atoms with van der Waals surface area (Å²) in [7, 11) is -2.58. The van der Waals surface area contributed by atoms with Crippen molar-refractivity contribution in [2.24, 2.45) is 0 Å². The van der Waals surface area contributed by atoms with Crippen molar-refractivity contribution in [2.45, 2.75) is 4.21 Å². The minimum atomic E-state index is -4.25. The predicted octanol–water partition coefficient (Wildman–Crippen LogP) is 3.50. The number of hydrogen-bond donors (Lipinski definition) is 4. The van der Waals surface area contributed by atoms with Crippen molar-refractivity contribution in [3.05, 3.63) is 69.2 Å². The molecule has 0 aliphatic rings. The largest absolute Gasteiger partial charge is 0.494 e. The quantitative estimate of drug-likeness (QED) is 0.313. The first kappa shape index (κ1) is 23.5. The number of fused-ring (bicyclic) bond motifs is 1. The van der Waals surface area contributed by atoms with Crippen LogP contribution in [0.5, 0.6) is 5.88 Å². The molecule has 0 radical (unpaired) electrons. The Bertz CT molecular complexity index is 1590. The molecule has 34 heavy (non-hydrogen) atoms. The topological polar surface area (TPSA) is 142 Å². The molecule has 176 valence electrons. The summed E-state index contributed by atoms with van der Waals surface area (Å²) in [5, 5.41) is 16.3. The average molecular weight is 524 g/mol. The number of thiophene rings is 1. The summed E-state index contributed by atoms with van der Waals surface area (Å²) in [5.41, 5.74) is 0.127. The second-order valence-electron chi connectivity index (χ2n) is 6.83. The SMILES string of the molecule is CNc1cc2cc(=O)n(-c3ccc(NC(=O)NS(=O)(=O)c4ccc(F)s4)cn3)c(O)c2cc1Cl. The van der Waals surface area contributed by atoms with Gasteiger partial charge in [0.15, 0.2) is 5.13 Å². The van der Waals surface area contributed by atoms with Crippen LogP contribution in [0.15, 0.2) is 57.7 Å². The van der Waals surface area contributed by atoms with Crippen LogP contribution in [0, 0.1) is 5.13 Å². The number of sulfonamides is 1. The molecule has 0 saturated carbocycles. The summed E-state index contributed by atoms with van der Waals surface area (Å²) in [6.45, 7) is 0. The molecule has 2 amide bonds. The lowest BCUT2D eigenvalue weighted by molar-refractivity contribution is 0.256. The van der Waals surface area contributed by atoms with Gasteiger partial charge in [-0.05, 0) is 41.8 Å². The number of anilines is 2. The zero-order valence-electron chi connectivity index (χ0n) is 17.2. The average Bonchev–Trinajstić information content (AvgIpc) is 3.22. The molecule has 14 heteroatoms. The molecule has 0 aliphatic heterocycles. The number of rotatable bonds is 5. The number of nitrogens with zero attached hydrogens (tertiary/aromatic N) is 2. The normalized spacial score (nSPS) is 11.4. The Kier molecular flexibility index (Phi) is 6.17. The molecule has 1 aromatic carbocycles. The predicted molar refractivity (Wildman–Crippen MR) is 127 cm³/mol. The van der Waals surface area contributed by atoms with Crippen LogP contribution in [0.4, 0.5) is 20.6 Å². The highest BCUT2D eigenvalue weighted by Gasteiger charge is 2.20. The number of halogens is 2. The molecule has 0 saturated heterocycles. The van der Waals surface area contributed by atoms with Gasteiger partial charge in [0.2, 0.25) is 5.88 Å². The molecule has 0 atom stereocenters. The summed E-state index contributed by atoms with van der Waals surface area (Å²) >= 11 is 6.56. The van der Waals surface area contributed by atoms with Crippen molar-refractivity contribution >= 4 is 61.1 Å². The molecule has 10 nitrogen and oxygen atoms in total. The van der Waals surface area contributed by atoms with E-state index in [0.29, 0.717) is 32.8 Å². The molecule has 0 fully saturated rings. The molecule has 0 aliphatic carbocycles. The van der Waals surface area contributed by atoms with E-state index in [4.69, 9.17) is 11.6 Å². The standard InChI is InChI=1S/C20H15ClFN5O5S2/c1-23-14-6-10-7-17(28)27(19(29)12(10)8-13(14)21)16-4-2-11(9-24-16)25-20(30)26-34(31,32)18-5-3-15(22)33-18/h2-9,23,29H,1H3,(H2,25,26,30). The van der Waals surface area contributed by atoms with Crippen LogP contribution in [0.25, 0.3) is 16.6 Å². The van der Waals surface area contributed by atoms with Crippen LogP contribution in [0.1, 0.15) is 0 Å². The fourth-order valence-corrected chi connectivity index (χ4v) is 5.27. The zero-order valence-corrected chi connectivity index (χ0v) is 19.6. The molecule has 0 bridgehead atoms. The van der Waals surface area contributed by atoms with E-state index in [9.17, 15) is 27.5 Å². The van der Waals surface area contributed by atoms with Crippen molar-refractivity contribution in [1.29, 1.82) is 0 Å². The maximum absolute atomic E-state index is 13.1. The van der Waals surface area contributed by atoms with Gasteiger partial charge in [0.1, 0.15) is 10.0 Å². The maximum atomic E-state index is 13.1. The van der Waals surface area contributed by atoms with E-state index in [1.807, 2.05) is 0 Å². The van der Waals surface area contributed by atoms with Gasteiger partial charge < -0.3 is 15.7 Å². The van der Waals surface area contributed by atoms with Crippen LogP contribution < -0.4 is 20.9 Å². The molecule has 4 aromatic rings. The number of aromatic nitrogens is 2. The Hall–Kier alpha value is -3.68. The molecule has 3 heterocycles. The number of carbonyl (C=O) groups is 1. The molecule has 3 aromatic heterocycles. The number of carbonyl (C=O) groups excluding carboxylic acids is 1. The number of amides is 2. The lowest BCUT2D eigenvalue weighted by atomic mass is 10.1. The van der Waals surface area contributed by atoms with Crippen LogP contribution in [-0.2, 0) is 10.0 Å². The number of nitrogens with one attached hydrogen (secondary N) is 3. The van der Waals surface area contributed by atoms with Crippen molar-refractivity contribution in [2.75, 3.05) is 17.7 Å². The van der Waals surface area contributed by atoms with E-state index in [1.54, 1.807) is 17.8 Å². The van der Waals surface area contributed by atoms with Gasteiger partial charge in [-0.15, -0.1) is 0 Å².